The van der Waals surface area contributed by atoms with Crippen molar-refractivity contribution in [3.63, 3.8) is 0 Å². The van der Waals surface area contributed by atoms with Crippen LogP contribution in [0.15, 0.2) is 46.9 Å². The fraction of sp³-hybridized carbons (Fsp3) is 0.188. The molecule has 2 nitrogen and oxygen atoms in total. The normalized spacial score (nSPS) is 10.3. The van der Waals surface area contributed by atoms with Gasteiger partial charge in [0.1, 0.15) is 5.75 Å². The first-order valence-electron chi connectivity index (χ1n) is 6.05. The first-order chi connectivity index (χ1) is 9.06. The van der Waals surface area contributed by atoms with Gasteiger partial charge in [0.25, 0.3) is 0 Å². The zero-order valence-corrected chi connectivity index (χ0v) is 12.5. The minimum Gasteiger partial charge on any atom is -0.484 e. The predicted molar refractivity (Wildman–Crippen MR) is 79.9 cm³/mol. The van der Waals surface area contributed by atoms with Gasteiger partial charge in [-0.1, -0.05) is 35.9 Å². The number of halogens is 1. The second-order valence-electron chi connectivity index (χ2n) is 4.51. The Balaban J connectivity index is 2.02. The molecule has 0 amide bonds. The zero-order valence-electron chi connectivity index (χ0n) is 10.9. The van der Waals surface area contributed by atoms with Crippen LogP contribution in [0.25, 0.3) is 0 Å². The van der Waals surface area contributed by atoms with E-state index in [4.69, 9.17) is 4.74 Å². The third-order valence-electron chi connectivity index (χ3n) is 2.82. The molecule has 0 bridgehead atoms. The van der Waals surface area contributed by atoms with Crippen LogP contribution in [-0.2, 0) is 0 Å². The van der Waals surface area contributed by atoms with E-state index in [0.717, 1.165) is 15.6 Å². The van der Waals surface area contributed by atoms with Gasteiger partial charge in [0.15, 0.2) is 12.4 Å². The van der Waals surface area contributed by atoms with Crippen LogP contribution in [-0.4, -0.2) is 12.4 Å². The Labute approximate surface area is 121 Å². The number of ether oxygens (including phenoxy) is 1. The molecule has 0 heterocycles. The number of hydrogen-bond acceptors (Lipinski definition) is 2. The average molecular weight is 319 g/mol. The summed E-state index contributed by atoms with van der Waals surface area (Å²) in [6, 6.07) is 13.3. The van der Waals surface area contributed by atoms with Gasteiger partial charge in [-0.05, 0) is 47.5 Å². The van der Waals surface area contributed by atoms with E-state index in [1.54, 1.807) is 0 Å². The van der Waals surface area contributed by atoms with Crippen LogP contribution in [0.4, 0.5) is 0 Å². The average Bonchev–Trinajstić information content (AvgIpc) is 2.38. The van der Waals surface area contributed by atoms with Crippen LogP contribution < -0.4 is 4.74 Å². The SMILES string of the molecule is Cc1ccc(C(=O)COc2ccc(C)cc2Br)cc1. The van der Waals surface area contributed by atoms with Crippen LogP contribution >= 0.6 is 15.9 Å². The van der Waals surface area contributed by atoms with E-state index in [1.165, 1.54) is 0 Å². The molecule has 0 saturated carbocycles. The molecule has 0 N–H and O–H groups in total. The second kappa shape index (κ2) is 6.02. The van der Waals surface area contributed by atoms with Crippen molar-refractivity contribution in [1.82, 2.24) is 0 Å². The molecule has 0 aliphatic carbocycles. The van der Waals surface area contributed by atoms with E-state index in [2.05, 4.69) is 15.9 Å². The van der Waals surface area contributed by atoms with Gasteiger partial charge in [0.05, 0.1) is 4.47 Å². The van der Waals surface area contributed by atoms with Crippen molar-refractivity contribution in [3.05, 3.63) is 63.6 Å². The molecule has 2 aromatic rings. The summed E-state index contributed by atoms with van der Waals surface area (Å²) in [6.07, 6.45) is 0. The Morgan fingerprint density at radius 1 is 1.05 bits per heavy atom. The fourth-order valence-corrected chi connectivity index (χ4v) is 2.30. The van der Waals surface area contributed by atoms with E-state index in [-0.39, 0.29) is 12.4 Å². The van der Waals surface area contributed by atoms with E-state index in [9.17, 15) is 4.79 Å². The number of rotatable bonds is 4. The zero-order chi connectivity index (χ0) is 13.8. The van der Waals surface area contributed by atoms with E-state index in [0.29, 0.717) is 11.3 Å². The molecule has 3 heteroatoms. The first-order valence-corrected chi connectivity index (χ1v) is 6.84. The lowest BCUT2D eigenvalue weighted by Gasteiger charge is -2.08. The third-order valence-corrected chi connectivity index (χ3v) is 3.44. The molecule has 0 unspecified atom stereocenters. The van der Waals surface area contributed by atoms with Crippen LogP contribution in [0, 0.1) is 13.8 Å². The summed E-state index contributed by atoms with van der Waals surface area (Å²) in [5, 5.41) is 0. The Bertz CT molecular complexity index is 588. The largest absolute Gasteiger partial charge is 0.484 e. The molecule has 0 atom stereocenters. The molecule has 2 rings (SSSR count). The molecular formula is C16H15BrO2. The first kappa shape index (κ1) is 13.8. The molecule has 0 aliphatic heterocycles. The highest BCUT2D eigenvalue weighted by Gasteiger charge is 2.08. The van der Waals surface area contributed by atoms with E-state index < -0.39 is 0 Å². The molecule has 0 fully saturated rings. The molecule has 19 heavy (non-hydrogen) atoms. The maximum atomic E-state index is 12.0. The number of carbonyl (C=O) groups is 1. The van der Waals surface area contributed by atoms with Crippen molar-refractivity contribution in [2.45, 2.75) is 13.8 Å². The number of aryl methyl sites for hydroxylation is 2. The Kier molecular flexibility index (Phi) is 4.38. The molecule has 0 aromatic heterocycles. The minimum absolute atomic E-state index is 0.0209. The Hall–Kier alpha value is -1.61. The van der Waals surface area contributed by atoms with Crippen molar-refractivity contribution >= 4 is 21.7 Å². The standard InChI is InChI=1S/C16H15BrO2/c1-11-3-6-13(7-4-11)15(18)10-19-16-8-5-12(2)9-14(16)17/h3-9H,10H2,1-2H3. The minimum atomic E-state index is -0.0209. The lowest BCUT2D eigenvalue weighted by atomic mass is 10.1. The number of hydrogen-bond donors (Lipinski definition) is 0. The van der Waals surface area contributed by atoms with Gasteiger partial charge in [-0.25, -0.2) is 0 Å². The fourth-order valence-electron chi connectivity index (χ4n) is 1.69. The maximum absolute atomic E-state index is 12.0. The van der Waals surface area contributed by atoms with E-state index in [1.807, 2.05) is 56.3 Å². The lowest BCUT2D eigenvalue weighted by molar-refractivity contribution is 0.0921. The Morgan fingerprint density at radius 3 is 2.32 bits per heavy atom. The molecular weight excluding hydrogens is 304 g/mol. The molecule has 98 valence electrons. The molecule has 0 spiro atoms. The highest BCUT2D eigenvalue weighted by molar-refractivity contribution is 9.10. The van der Waals surface area contributed by atoms with Crippen molar-refractivity contribution in [2.75, 3.05) is 6.61 Å². The quantitative estimate of drug-likeness (QED) is 0.784. The molecule has 0 radical (unpaired) electrons. The van der Waals surface area contributed by atoms with Crippen molar-refractivity contribution in [2.24, 2.45) is 0 Å². The van der Waals surface area contributed by atoms with Gasteiger partial charge < -0.3 is 4.74 Å². The van der Waals surface area contributed by atoms with Crippen LogP contribution in [0.2, 0.25) is 0 Å². The molecule has 0 saturated heterocycles. The molecule has 0 aliphatic rings. The van der Waals surface area contributed by atoms with Crippen molar-refractivity contribution in [1.29, 1.82) is 0 Å². The van der Waals surface area contributed by atoms with Gasteiger partial charge in [-0.3, -0.25) is 4.79 Å². The summed E-state index contributed by atoms with van der Waals surface area (Å²) in [7, 11) is 0. The van der Waals surface area contributed by atoms with Gasteiger partial charge in [0, 0.05) is 5.56 Å². The lowest BCUT2D eigenvalue weighted by Crippen LogP contribution is -2.11. The summed E-state index contributed by atoms with van der Waals surface area (Å²) < 4.78 is 6.41. The van der Waals surface area contributed by atoms with Gasteiger partial charge >= 0.3 is 0 Å². The number of carbonyl (C=O) groups excluding carboxylic acids is 1. The number of ketones is 1. The topological polar surface area (TPSA) is 26.3 Å². The van der Waals surface area contributed by atoms with Gasteiger partial charge in [-0.2, -0.15) is 0 Å². The Morgan fingerprint density at radius 2 is 1.68 bits per heavy atom. The maximum Gasteiger partial charge on any atom is 0.200 e. The summed E-state index contributed by atoms with van der Waals surface area (Å²) in [6.45, 7) is 4.05. The summed E-state index contributed by atoms with van der Waals surface area (Å²) in [4.78, 5) is 12.0. The summed E-state index contributed by atoms with van der Waals surface area (Å²) in [5.41, 5.74) is 2.96. The summed E-state index contributed by atoms with van der Waals surface area (Å²) in [5.74, 6) is 0.665. The third kappa shape index (κ3) is 3.67. The second-order valence-corrected chi connectivity index (χ2v) is 5.37. The molecule has 2 aromatic carbocycles. The highest BCUT2D eigenvalue weighted by atomic mass is 79.9. The van der Waals surface area contributed by atoms with Crippen molar-refractivity contribution < 1.29 is 9.53 Å². The smallest absolute Gasteiger partial charge is 0.200 e. The van der Waals surface area contributed by atoms with Gasteiger partial charge in [0.2, 0.25) is 0 Å². The van der Waals surface area contributed by atoms with Crippen LogP contribution in [0.5, 0.6) is 5.75 Å². The summed E-state index contributed by atoms with van der Waals surface area (Å²) >= 11 is 3.43. The van der Waals surface area contributed by atoms with Crippen LogP contribution in [0.3, 0.4) is 0 Å². The van der Waals surface area contributed by atoms with Gasteiger partial charge in [-0.15, -0.1) is 0 Å². The van der Waals surface area contributed by atoms with Crippen LogP contribution in [0.1, 0.15) is 21.5 Å². The highest BCUT2D eigenvalue weighted by Crippen LogP contribution is 2.25. The predicted octanol–water partition coefficient (Wildman–Crippen LogP) is 4.33. The van der Waals surface area contributed by atoms with E-state index >= 15 is 0 Å². The number of benzene rings is 2. The van der Waals surface area contributed by atoms with Crippen molar-refractivity contribution in [3.8, 4) is 5.75 Å². The monoisotopic (exact) mass is 318 g/mol. The number of Topliss-reactive ketones (excluding diaryl/α,β-unsaturated/α-hetero) is 1.